The van der Waals surface area contributed by atoms with Gasteiger partial charge in [0.05, 0.1) is 23.7 Å². The molecule has 1 fully saturated rings. The lowest BCUT2D eigenvalue weighted by molar-refractivity contribution is -0.154. The number of carbonyl (C=O) groups excluding carboxylic acids is 1. The second-order valence-electron chi connectivity index (χ2n) is 4.07. The second-order valence-corrected chi connectivity index (χ2v) is 4.48. The first-order valence-corrected chi connectivity index (χ1v) is 5.95. The Morgan fingerprint density at radius 2 is 2.21 bits per heavy atom. The molecule has 1 aromatic carbocycles. The molecule has 5 nitrogen and oxygen atoms in total. The Morgan fingerprint density at radius 3 is 2.84 bits per heavy atom. The van der Waals surface area contributed by atoms with Gasteiger partial charge in [-0.2, -0.15) is 0 Å². The van der Waals surface area contributed by atoms with Gasteiger partial charge < -0.3 is 14.7 Å². The van der Waals surface area contributed by atoms with E-state index in [0.717, 1.165) is 12.1 Å². The number of hydrogen-bond acceptors (Lipinski definition) is 3. The molecular formula is C12H11ClFNO4. The van der Waals surface area contributed by atoms with Gasteiger partial charge in [-0.05, 0) is 18.2 Å². The summed E-state index contributed by atoms with van der Waals surface area (Å²) in [6.45, 7) is 0.361. The summed E-state index contributed by atoms with van der Waals surface area (Å²) in [7, 11) is 0. The predicted molar refractivity (Wildman–Crippen MR) is 64.7 cm³/mol. The minimum atomic E-state index is -1.12. The fourth-order valence-electron chi connectivity index (χ4n) is 1.82. The van der Waals surface area contributed by atoms with Crippen molar-refractivity contribution in [3.8, 4) is 0 Å². The molecule has 1 saturated heterocycles. The van der Waals surface area contributed by atoms with Crippen LogP contribution in [-0.4, -0.2) is 47.7 Å². The van der Waals surface area contributed by atoms with Crippen LogP contribution < -0.4 is 0 Å². The molecular weight excluding hydrogens is 277 g/mol. The van der Waals surface area contributed by atoms with Gasteiger partial charge in [-0.1, -0.05) is 11.6 Å². The van der Waals surface area contributed by atoms with Crippen molar-refractivity contribution in [3.63, 3.8) is 0 Å². The summed E-state index contributed by atoms with van der Waals surface area (Å²) >= 11 is 5.81. The van der Waals surface area contributed by atoms with E-state index in [1.165, 1.54) is 11.0 Å². The Balaban J connectivity index is 2.17. The highest BCUT2D eigenvalue weighted by Gasteiger charge is 2.30. The van der Waals surface area contributed by atoms with Crippen LogP contribution in [-0.2, 0) is 9.53 Å². The van der Waals surface area contributed by atoms with Crippen molar-refractivity contribution in [3.05, 3.63) is 34.6 Å². The summed E-state index contributed by atoms with van der Waals surface area (Å²) in [5.41, 5.74) is 0.147. The van der Waals surface area contributed by atoms with Gasteiger partial charge in [-0.3, -0.25) is 4.79 Å². The molecule has 0 aliphatic carbocycles. The van der Waals surface area contributed by atoms with Gasteiger partial charge in [0.15, 0.2) is 6.10 Å². The number of halogens is 2. The van der Waals surface area contributed by atoms with Crippen LogP contribution in [0.2, 0.25) is 5.02 Å². The zero-order valence-electron chi connectivity index (χ0n) is 9.81. The number of hydrogen-bond donors (Lipinski definition) is 1. The average Bonchev–Trinajstić information content (AvgIpc) is 2.38. The molecule has 2 rings (SSSR count). The third kappa shape index (κ3) is 3.02. The number of nitrogens with zero attached hydrogens (tertiary/aromatic N) is 1. The van der Waals surface area contributed by atoms with Crippen LogP contribution in [0.4, 0.5) is 4.39 Å². The maximum absolute atomic E-state index is 12.9. The predicted octanol–water partition coefficient (Wildman–Crippen LogP) is 1.40. The van der Waals surface area contributed by atoms with Crippen molar-refractivity contribution in [2.75, 3.05) is 19.7 Å². The molecule has 19 heavy (non-hydrogen) atoms. The highest BCUT2D eigenvalue weighted by Crippen LogP contribution is 2.20. The quantitative estimate of drug-likeness (QED) is 0.893. The van der Waals surface area contributed by atoms with E-state index in [4.69, 9.17) is 21.4 Å². The number of ether oxygens (including phenoxy) is 1. The summed E-state index contributed by atoms with van der Waals surface area (Å²) in [6.07, 6.45) is -1.04. The summed E-state index contributed by atoms with van der Waals surface area (Å²) in [5, 5.41) is 8.86. The van der Waals surface area contributed by atoms with Gasteiger partial charge >= 0.3 is 5.97 Å². The van der Waals surface area contributed by atoms with Crippen LogP contribution in [0.1, 0.15) is 10.4 Å². The summed E-state index contributed by atoms with van der Waals surface area (Å²) < 4.78 is 17.9. The molecule has 1 amide bonds. The normalized spacial score (nSPS) is 19.3. The molecule has 0 saturated carbocycles. The Kier molecular flexibility index (Phi) is 4.01. The van der Waals surface area contributed by atoms with E-state index in [0.29, 0.717) is 0 Å². The van der Waals surface area contributed by atoms with E-state index in [9.17, 15) is 14.0 Å². The SMILES string of the molecule is O=C(O)C1CN(C(=O)c2ccc(F)cc2Cl)CCO1. The lowest BCUT2D eigenvalue weighted by Gasteiger charge is -2.31. The minimum Gasteiger partial charge on any atom is -0.479 e. The first-order valence-electron chi connectivity index (χ1n) is 5.58. The Hall–Kier alpha value is -1.66. The zero-order chi connectivity index (χ0) is 14.0. The number of carboxylic acids is 1. The minimum absolute atomic E-state index is 0.00312. The molecule has 1 aliphatic heterocycles. The van der Waals surface area contributed by atoms with E-state index in [2.05, 4.69) is 0 Å². The highest BCUT2D eigenvalue weighted by molar-refractivity contribution is 6.33. The van der Waals surface area contributed by atoms with Gasteiger partial charge in [0.1, 0.15) is 5.82 Å². The molecule has 1 N–H and O–H groups in total. The van der Waals surface area contributed by atoms with Crippen molar-refractivity contribution in [2.24, 2.45) is 0 Å². The molecule has 102 valence electrons. The highest BCUT2D eigenvalue weighted by atomic mass is 35.5. The van der Waals surface area contributed by atoms with E-state index in [1.54, 1.807) is 0 Å². The molecule has 0 spiro atoms. The molecule has 1 aromatic rings. The molecule has 1 aliphatic rings. The topological polar surface area (TPSA) is 66.8 Å². The van der Waals surface area contributed by atoms with Gasteiger partial charge in [0.25, 0.3) is 5.91 Å². The maximum atomic E-state index is 12.9. The fraction of sp³-hybridized carbons (Fsp3) is 0.333. The molecule has 0 radical (unpaired) electrons. The van der Waals surface area contributed by atoms with Crippen molar-refractivity contribution >= 4 is 23.5 Å². The largest absolute Gasteiger partial charge is 0.479 e. The fourth-order valence-corrected chi connectivity index (χ4v) is 2.06. The lowest BCUT2D eigenvalue weighted by Crippen LogP contribution is -2.48. The Labute approximate surface area is 113 Å². The van der Waals surface area contributed by atoms with Gasteiger partial charge in [0, 0.05) is 6.54 Å². The first kappa shape index (κ1) is 13.8. The van der Waals surface area contributed by atoms with Crippen LogP contribution in [0.5, 0.6) is 0 Å². The molecule has 0 bridgehead atoms. The molecule has 1 unspecified atom stereocenters. The number of morpholine rings is 1. The first-order chi connectivity index (χ1) is 8.99. The number of rotatable bonds is 2. The molecule has 7 heteroatoms. The van der Waals surface area contributed by atoms with E-state index >= 15 is 0 Å². The van der Waals surface area contributed by atoms with Gasteiger partial charge in [-0.15, -0.1) is 0 Å². The van der Waals surface area contributed by atoms with Crippen molar-refractivity contribution in [1.29, 1.82) is 0 Å². The summed E-state index contributed by atoms with van der Waals surface area (Å²) in [4.78, 5) is 24.3. The monoisotopic (exact) mass is 287 g/mol. The number of carbonyl (C=O) groups is 2. The van der Waals surface area contributed by atoms with Gasteiger partial charge in [-0.25, -0.2) is 9.18 Å². The standard InChI is InChI=1S/C12H11ClFNO4/c13-9-5-7(14)1-2-8(9)11(16)15-3-4-19-10(6-15)12(17)18/h1-2,5,10H,3-4,6H2,(H,17,18). The van der Waals surface area contributed by atoms with E-state index < -0.39 is 23.8 Å². The van der Waals surface area contributed by atoms with Crippen molar-refractivity contribution < 1.29 is 23.8 Å². The van der Waals surface area contributed by atoms with Crippen LogP contribution in [0.25, 0.3) is 0 Å². The smallest absolute Gasteiger partial charge is 0.334 e. The van der Waals surface area contributed by atoms with E-state index in [-0.39, 0.29) is 30.3 Å². The lowest BCUT2D eigenvalue weighted by atomic mass is 10.1. The van der Waals surface area contributed by atoms with Crippen LogP contribution in [0, 0.1) is 5.82 Å². The molecule has 0 aromatic heterocycles. The molecule has 1 atom stereocenters. The third-order valence-corrected chi connectivity index (χ3v) is 3.10. The van der Waals surface area contributed by atoms with Crippen LogP contribution >= 0.6 is 11.6 Å². The van der Waals surface area contributed by atoms with Crippen LogP contribution in [0.3, 0.4) is 0 Å². The van der Waals surface area contributed by atoms with Crippen molar-refractivity contribution in [2.45, 2.75) is 6.10 Å². The molecule has 1 heterocycles. The second kappa shape index (κ2) is 5.54. The summed E-state index contributed by atoms with van der Waals surface area (Å²) in [5.74, 6) is -2.09. The van der Waals surface area contributed by atoms with Crippen LogP contribution in [0.15, 0.2) is 18.2 Å². The van der Waals surface area contributed by atoms with E-state index in [1.807, 2.05) is 0 Å². The number of carboxylic acid groups (broad SMARTS) is 1. The Morgan fingerprint density at radius 1 is 1.47 bits per heavy atom. The summed E-state index contributed by atoms with van der Waals surface area (Å²) in [6, 6.07) is 3.46. The van der Waals surface area contributed by atoms with Crippen molar-refractivity contribution in [1.82, 2.24) is 4.90 Å². The maximum Gasteiger partial charge on any atom is 0.334 e. The van der Waals surface area contributed by atoms with Gasteiger partial charge in [0.2, 0.25) is 0 Å². The third-order valence-electron chi connectivity index (χ3n) is 2.79. The number of amides is 1. The number of benzene rings is 1. The zero-order valence-corrected chi connectivity index (χ0v) is 10.6. The Bertz CT molecular complexity index is 522. The number of aliphatic carboxylic acids is 1. The average molecular weight is 288 g/mol.